The molecule has 8 aromatic rings. The van der Waals surface area contributed by atoms with E-state index in [1.807, 2.05) is 66.7 Å². The SMILES string of the molecule is CCN1/C(=C\C=C\c2n(-c3ccccc3)c3ccc(-c4nc5ccccc5o4)cc3[n+]2CC)N(C)c2cc(Oc3nc4ccccc4o3)ccc21. The molecule has 0 unspecified atom stereocenters. The number of fused-ring (bicyclic) bond motifs is 4. The Labute approximate surface area is 294 Å². The Morgan fingerprint density at radius 1 is 0.765 bits per heavy atom. The molecule has 0 saturated carbocycles. The zero-order chi connectivity index (χ0) is 34.5. The van der Waals surface area contributed by atoms with Gasteiger partial charge >= 0.3 is 6.08 Å². The zero-order valence-electron chi connectivity index (χ0n) is 28.5. The van der Waals surface area contributed by atoms with E-state index in [0.717, 1.165) is 75.0 Å². The highest BCUT2D eigenvalue weighted by Gasteiger charge is 2.29. The maximum absolute atomic E-state index is 6.15. The van der Waals surface area contributed by atoms with E-state index in [-0.39, 0.29) is 6.08 Å². The fourth-order valence-electron chi connectivity index (χ4n) is 7.01. The first-order valence-corrected chi connectivity index (χ1v) is 17.2. The molecule has 1 aliphatic rings. The lowest BCUT2D eigenvalue weighted by Gasteiger charge is -2.20. The third-order valence-electron chi connectivity index (χ3n) is 9.39. The minimum atomic E-state index is 0.224. The van der Waals surface area contributed by atoms with Gasteiger partial charge in [0.15, 0.2) is 22.2 Å². The van der Waals surface area contributed by atoms with Gasteiger partial charge in [0.05, 0.1) is 17.9 Å². The first-order chi connectivity index (χ1) is 25.1. The molecule has 0 atom stereocenters. The molecule has 4 heterocycles. The predicted octanol–water partition coefficient (Wildman–Crippen LogP) is 9.51. The predicted molar refractivity (Wildman–Crippen MR) is 201 cm³/mol. The number of aryl methyl sites for hydroxylation is 1. The molecular weight excluding hydrogens is 637 g/mol. The van der Waals surface area contributed by atoms with E-state index in [1.54, 1.807) is 0 Å². The van der Waals surface area contributed by atoms with Gasteiger partial charge in [0.1, 0.15) is 28.3 Å². The van der Waals surface area contributed by atoms with Crippen LogP contribution in [0.1, 0.15) is 19.7 Å². The number of rotatable bonds is 8. The van der Waals surface area contributed by atoms with Crippen LogP contribution in [-0.2, 0) is 6.54 Å². The Kier molecular flexibility index (Phi) is 7.39. The summed E-state index contributed by atoms with van der Waals surface area (Å²) in [4.78, 5) is 13.7. The van der Waals surface area contributed by atoms with Crippen LogP contribution in [0.3, 0.4) is 0 Å². The molecule has 9 heteroatoms. The number of benzene rings is 5. The molecule has 9 nitrogen and oxygen atoms in total. The second-order valence-corrected chi connectivity index (χ2v) is 12.4. The van der Waals surface area contributed by atoms with Crippen molar-refractivity contribution in [3.63, 3.8) is 0 Å². The summed E-state index contributed by atoms with van der Waals surface area (Å²) in [5.41, 5.74) is 9.46. The van der Waals surface area contributed by atoms with Crippen molar-refractivity contribution in [1.82, 2.24) is 14.5 Å². The van der Waals surface area contributed by atoms with E-state index in [9.17, 15) is 0 Å². The lowest BCUT2D eigenvalue weighted by atomic mass is 10.2. The molecule has 5 aromatic carbocycles. The summed E-state index contributed by atoms with van der Waals surface area (Å²) < 4.78 is 22.7. The van der Waals surface area contributed by atoms with E-state index in [2.05, 4.69) is 112 Å². The van der Waals surface area contributed by atoms with E-state index in [4.69, 9.17) is 18.6 Å². The first kappa shape index (κ1) is 30.4. The number of hydrogen-bond acceptors (Lipinski definition) is 7. The Balaban J connectivity index is 1.08. The number of para-hydroxylation sites is 5. The van der Waals surface area contributed by atoms with Crippen LogP contribution in [0.5, 0.6) is 11.8 Å². The van der Waals surface area contributed by atoms with Crippen LogP contribution >= 0.6 is 0 Å². The first-order valence-electron chi connectivity index (χ1n) is 17.2. The fourth-order valence-corrected chi connectivity index (χ4v) is 7.01. The third-order valence-corrected chi connectivity index (χ3v) is 9.39. The van der Waals surface area contributed by atoms with Crippen LogP contribution in [-0.4, -0.2) is 28.1 Å². The van der Waals surface area contributed by atoms with Crippen LogP contribution in [0.2, 0.25) is 0 Å². The molecule has 0 fully saturated rings. The van der Waals surface area contributed by atoms with E-state index in [0.29, 0.717) is 17.2 Å². The van der Waals surface area contributed by atoms with Crippen LogP contribution in [0.15, 0.2) is 142 Å². The number of anilines is 2. The molecule has 0 radical (unpaired) electrons. The minimum absolute atomic E-state index is 0.224. The smallest absolute Gasteiger partial charge is 0.400 e. The standard InChI is InChI=1S/C42H35N6O3/c1-4-46-33-25-23-30(49-42-44-32-17-10-12-19-38(32)51-42)27-35(33)45(3)39(46)20-13-21-40-47(5-2)36-26-28(41-43-31-16-9-11-18-37(31)50-41)22-24-34(36)48(40)29-14-7-6-8-15-29/h6-27H,4-5H2,1-3H3/q+1. The van der Waals surface area contributed by atoms with Crippen molar-refractivity contribution in [1.29, 1.82) is 0 Å². The third kappa shape index (κ3) is 5.21. The van der Waals surface area contributed by atoms with Gasteiger partial charge in [-0.2, -0.15) is 9.55 Å². The number of oxazole rings is 2. The number of allylic oxidation sites excluding steroid dienone is 2. The highest BCUT2D eigenvalue weighted by Crippen LogP contribution is 2.43. The van der Waals surface area contributed by atoms with Crippen LogP contribution < -0.4 is 19.1 Å². The molecule has 0 spiro atoms. The Bertz CT molecular complexity index is 2560. The Morgan fingerprint density at radius 3 is 2.25 bits per heavy atom. The normalized spacial score (nSPS) is 13.8. The van der Waals surface area contributed by atoms with Crippen molar-refractivity contribution in [3.8, 4) is 29.0 Å². The van der Waals surface area contributed by atoms with Gasteiger partial charge in [-0.1, -0.05) is 48.5 Å². The van der Waals surface area contributed by atoms with Gasteiger partial charge in [0, 0.05) is 37.4 Å². The summed E-state index contributed by atoms with van der Waals surface area (Å²) in [6.07, 6.45) is 6.72. The van der Waals surface area contributed by atoms with Crippen LogP contribution in [0.25, 0.3) is 56.5 Å². The minimum Gasteiger partial charge on any atom is -0.436 e. The molecule has 0 saturated heterocycles. The van der Waals surface area contributed by atoms with Crippen molar-refractivity contribution in [2.24, 2.45) is 0 Å². The maximum atomic E-state index is 6.15. The van der Waals surface area contributed by atoms with Crippen molar-refractivity contribution in [2.75, 3.05) is 23.4 Å². The number of imidazole rings is 1. The number of nitrogens with zero attached hydrogens (tertiary/aromatic N) is 6. The molecule has 0 N–H and O–H groups in total. The summed E-state index contributed by atoms with van der Waals surface area (Å²) >= 11 is 0. The molecule has 1 aliphatic heterocycles. The fraction of sp³-hybridized carbons (Fsp3) is 0.119. The average molecular weight is 672 g/mol. The molecule has 0 bridgehead atoms. The lowest BCUT2D eigenvalue weighted by molar-refractivity contribution is -0.670. The molecule has 9 rings (SSSR count). The molecule has 0 amide bonds. The highest BCUT2D eigenvalue weighted by molar-refractivity contribution is 5.85. The summed E-state index contributed by atoms with van der Waals surface area (Å²) in [5.74, 6) is 3.39. The summed E-state index contributed by atoms with van der Waals surface area (Å²) in [6, 6.07) is 38.5. The van der Waals surface area contributed by atoms with Gasteiger partial charge in [-0.3, -0.25) is 0 Å². The van der Waals surface area contributed by atoms with Crippen molar-refractivity contribution < 1.29 is 18.1 Å². The van der Waals surface area contributed by atoms with E-state index >= 15 is 0 Å². The van der Waals surface area contributed by atoms with Crippen molar-refractivity contribution in [2.45, 2.75) is 20.4 Å². The van der Waals surface area contributed by atoms with Gasteiger partial charge < -0.3 is 23.4 Å². The highest BCUT2D eigenvalue weighted by atomic mass is 16.6. The zero-order valence-corrected chi connectivity index (χ0v) is 28.5. The quantitative estimate of drug-likeness (QED) is 0.149. The number of aromatic nitrogens is 4. The van der Waals surface area contributed by atoms with Gasteiger partial charge in [0.2, 0.25) is 5.89 Å². The van der Waals surface area contributed by atoms with Gasteiger partial charge in [0.25, 0.3) is 5.82 Å². The van der Waals surface area contributed by atoms with Crippen molar-refractivity contribution >= 4 is 50.7 Å². The summed E-state index contributed by atoms with van der Waals surface area (Å²) in [7, 11) is 2.08. The van der Waals surface area contributed by atoms with Gasteiger partial charge in [-0.25, -0.2) is 9.55 Å². The van der Waals surface area contributed by atoms with Crippen molar-refractivity contribution in [3.05, 3.63) is 139 Å². The van der Waals surface area contributed by atoms with Crippen LogP contribution in [0, 0.1) is 0 Å². The van der Waals surface area contributed by atoms with Crippen LogP contribution in [0.4, 0.5) is 11.4 Å². The number of hydrogen-bond donors (Lipinski definition) is 0. The van der Waals surface area contributed by atoms with E-state index in [1.165, 1.54) is 0 Å². The summed E-state index contributed by atoms with van der Waals surface area (Å²) in [6.45, 7) is 5.92. The second kappa shape index (κ2) is 12.4. The molecule has 51 heavy (non-hydrogen) atoms. The van der Waals surface area contributed by atoms with E-state index < -0.39 is 0 Å². The second-order valence-electron chi connectivity index (χ2n) is 12.4. The summed E-state index contributed by atoms with van der Waals surface area (Å²) in [5, 5.41) is 0. The number of ether oxygens (including phenoxy) is 1. The molecular formula is C42H35N6O3+. The molecule has 0 aliphatic carbocycles. The largest absolute Gasteiger partial charge is 0.436 e. The average Bonchev–Trinajstić information content (AvgIpc) is 3.92. The Hall–Kier alpha value is -6.61. The monoisotopic (exact) mass is 671 g/mol. The lowest BCUT2D eigenvalue weighted by Crippen LogP contribution is -2.35. The topological polar surface area (TPSA) is 76.6 Å². The molecule has 3 aromatic heterocycles. The molecule has 250 valence electrons. The van der Waals surface area contributed by atoms with Gasteiger partial charge in [-0.05, 0) is 80.6 Å². The van der Waals surface area contributed by atoms with Gasteiger partial charge in [-0.15, -0.1) is 0 Å². The maximum Gasteiger partial charge on any atom is 0.400 e. The Morgan fingerprint density at radius 2 is 1.51 bits per heavy atom.